The van der Waals surface area contributed by atoms with Crippen molar-refractivity contribution in [2.24, 2.45) is 0 Å². The predicted octanol–water partition coefficient (Wildman–Crippen LogP) is 4.78. The number of nitrogens with zero attached hydrogens (tertiary/aromatic N) is 2. The molecule has 114 valence electrons. The second kappa shape index (κ2) is 6.52. The van der Waals surface area contributed by atoms with Crippen LogP contribution in [-0.2, 0) is 6.42 Å². The van der Waals surface area contributed by atoms with Gasteiger partial charge in [-0.05, 0) is 58.7 Å². The summed E-state index contributed by atoms with van der Waals surface area (Å²) >= 11 is 5.93. The second-order valence-electron chi connectivity index (χ2n) is 5.96. The van der Waals surface area contributed by atoms with Gasteiger partial charge in [0.2, 0.25) is 0 Å². The number of hydrogen-bond donors (Lipinski definition) is 1. The summed E-state index contributed by atoms with van der Waals surface area (Å²) in [6, 6.07) is 8.77. The minimum Gasteiger partial charge on any atom is -0.379 e. The molecular weight excluding hydrogens is 282 g/mol. The zero-order valence-electron chi connectivity index (χ0n) is 13.4. The fourth-order valence-corrected chi connectivity index (χ4v) is 2.77. The standard InChI is InChI=1S/C17H24ClN3/c1-11(2)21-14(5)17(13(4)20-21)19-12(3)10-15-6-8-16(18)9-7-15/h6-9,11-12,19H,10H2,1-5H3. The van der Waals surface area contributed by atoms with Gasteiger partial charge in [0.15, 0.2) is 0 Å². The van der Waals surface area contributed by atoms with Crippen molar-refractivity contribution in [2.45, 2.75) is 53.1 Å². The number of hydrogen-bond acceptors (Lipinski definition) is 2. The molecule has 1 atom stereocenters. The molecule has 21 heavy (non-hydrogen) atoms. The highest BCUT2D eigenvalue weighted by Gasteiger charge is 2.15. The number of nitrogens with one attached hydrogen (secondary N) is 1. The zero-order valence-corrected chi connectivity index (χ0v) is 14.2. The van der Waals surface area contributed by atoms with Crippen LogP contribution in [0, 0.1) is 13.8 Å². The molecule has 1 aromatic carbocycles. The lowest BCUT2D eigenvalue weighted by Crippen LogP contribution is -2.19. The highest BCUT2D eigenvalue weighted by Crippen LogP contribution is 2.23. The molecule has 0 saturated heterocycles. The van der Waals surface area contributed by atoms with Crippen molar-refractivity contribution >= 4 is 17.3 Å². The van der Waals surface area contributed by atoms with E-state index < -0.39 is 0 Å². The van der Waals surface area contributed by atoms with Gasteiger partial charge in [0.05, 0.1) is 17.1 Å². The maximum Gasteiger partial charge on any atom is 0.0828 e. The Bertz CT molecular complexity index is 599. The van der Waals surface area contributed by atoms with Crippen molar-refractivity contribution in [3.63, 3.8) is 0 Å². The molecule has 1 N–H and O–H groups in total. The molecule has 3 nitrogen and oxygen atoms in total. The largest absolute Gasteiger partial charge is 0.379 e. The van der Waals surface area contributed by atoms with E-state index >= 15 is 0 Å². The molecular formula is C17H24ClN3. The summed E-state index contributed by atoms with van der Waals surface area (Å²) in [5.74, 6) is 0. The average molecular weight is 306 g/mol. The fourth-order valence-electron chi connectivity index (χ4n) is 2.65. The van der Waals surface area contributed by atoms with Crippen LogP contribution in [0.15, 0.2) is 24.3 Å². The first-order valence-corrected chi connectivity index (χ1v) is 7.83. The number of halogens is 1. The third-order valence-corrected chi connectivity index (χ3v) is 3.91. The molecule has 1 unspecified atom stereocenters. The summed E-state index contributed by atoms with van der Waals surface area (Å²) in [7, 11) is 0. The van der Waals surface area contributed by atoms with Crippen LogP contribution in [0.5, 0.6) is 0 Å². The van der Waals surface area contributed by atoms with E-state index in [0.717, 1.165) is 22.8 Å². The Balaban J connectivity index is 2.09. The number of benzene rings is 1. The van der Waals surface area contributed by atoms with E-state index in [0.29, 0.717) is 12.1 Å². The molecule has 0 saturated carbocycles. The van der Waals surface area contributed by atoms with E-state index in [1.807, 2.05) is 12.1 Å². The molecule has 0 aliphatic rings. The molecule has 2 aromatic rings. The minimum absolute atomic E-state index is 0.341. The summed E-state index contributed by atoms with van der Waals surface area (Å²) in [4.78, 5) is 0. The lowest BCUT2D eigenvalue weighted by Gasteiger charge is -2.16. The van der Waals surface area contributed by atoms with E-state index in [1.165, 1.54) is 11.3 Å². The van der Waals surface area contributed by atoms with E-state index in [-0.39, 0.29) is 0 Å². The van der Waals surface area contributed by atoms with Gasteiger partial charge in [-0.15, -0.1) is 0 Å². The monoisotopic (exact) mass is 305 g/mol. The zero-order chi connectivity index (χ0) is 15.6. The number of aryl methyl sites for hydroxylation is 1. The molecule has 0 aliphatic carbocycles. The van der Waals surface area contributed by atoms with Gasteiger partial charge in [0.1, 0.15) is 0 Å². The Kier molecular flexibility index (Phi) is 4.94. The van der Waals surface area contributed by atoms with E-state index in [9.17, 15) is 0 Å². The van der Waals surface area contributed by atoms with Crippen molar-refractivity contribution in [3.05, 3.63) is 46.2 Å². The van der Waals surface area contributed by atoms with Gasteiger partial charge >= 0.3 is 0 Å². The number of rotatable bonds is 5. The van der Waals surface area contributed by atoms with Crippen LogP contribution in [0.1, 0.15) is 43.8 Å². The Morgan fingerprint density at radius 2 is 1.76 bits per heavy atom. The molecule has 2 rings (SSSR count). The van der Waals surface area contributed by atoms with Crippen LogP contribution in [0.4, 0.5) is 5.69 Å². The van der Waals surface area contributed by atoms with Crippen molar-refractivity contribution in [3.8, 4) is 0 Å². The summed E-state index contributed by atoms with van der Waals surface area (Å²) in [6.45, 7) is 10.7. The smallest absolute Gasteiger partial charge is 0.0828 e. The third kappa shape index (κ3) is 3.79. The molecule has 0 spiro atoms. The SMILES string of the molecule is Cc1nn(C(C)C)c(C)c1NC(C)Cc1ccc(Cl)cc1. The lowest BCUT2D eigenvalue weighted by molar-refractivity contribution is 0.516. The normalized spacial score (nSPS) is 12.7. The van der Waals surface area contributed by atoms with Crippen molar-refractivity contribution in [1.29, 1.82) is 0 Å². The van der Waals surface area contributed by atoms with Crippen molar-refractivity contribution < 1.29 is 0 Å². The van der Waals surface area contributed by atoms with E-state index in [4.69, 9.17) is 11.6 Å². The van der Waals surface area contributed by atoms with Gasteiger partial charge in [-0.3, -0.25) is 4.68 Å². The van der Waals surface area contributed by atoms with Crippen LogP contribution < -0.4 is 5.32 Å². The van der Waals surface area contributed by atoms with Gasteiger partial charge in [-0.1, -0.05) is 23.7 Å². The fraction of sp³-hybridized carbons (Fsp3) is 0.471. The van der Waals surface area contributed by atoms with Crippen LogP contribution in [0.2, 0.25) is 5.02 Å². The summed E-state index contributed by atoms with van der Waals surface area (Å²) in [5, 5.41) is 9.00. The Labute approximate surface area is 132 Å². The van der Waals surface area contributed by atoms with Gasteiger partial charge in [-0.25, -0.2) is 0 Å². The van der Waals surface area contributed by atoms with E-state index in [2.05, 4.69) is 61.8 Å². The first-order valence-electron chi connectivity index (χ1n) is 7.45. The van der Waals surface area contributed by atoms with Gasteiger partial charge in [0, 0.05) is 17.1 Å². The predicted molar refractivity (Wildman–Crippen MR) is 90.3 cm³/mol. The first-order chi connectivity index (χ1) is 9.88. The van der Waals surface area contributed by atoms with Crippen LogP contribution in [0.25, 0.3) is 0 Å². The first kappa shape index (κ1) is 15.9. The molecule has 0 fully saturated rings. The maximum absolute atomic E-state index is 5.93. The van der Waals surface area contributed by atoms with Gasteiger partial charge < -0.3 is 5.32 Å². The van der Waals surface area contributed by atoms with Crippen LogP contribution >= 0.6 is 11.6 Å². The molecule has 4 heteroatoms. The number of aromatic nitrogens is 2. The van der Waals surface area contributed by atoms with Crippen molar-refractivity contribution in [1.82, 2.24) is 9.78 Å². The van der Waals surface area contributed by atoms with Crippen LogP contribution in [-0.4, -0.2) is 15.8 Å². The molecule has 0 radical (unpaired) electrons. The second-order valence-corrected chi connectivity index (χ2v) is 6.40. The highest BCUT2D eigenvalue weighted by molar-refractivity contribution is 6.30. The molecule has 1 aromatic heterocycles. The van der Waals surface area contributed by atoms with E-state index in [1.54, 1.807) is 0 Å². The van der Waals surface area contributed by atoms with Gasteiger partial charge in [-0.2, -0.15) is 5.10 Å². The average Bonchev–Trinajstić information content (AvgIpc) is 2.69. The number of anilines is 1. The molecule has 0 aliphatic heterocycles. The minimum atomic E-state index is 0.341. The molecule has 0 amide bonds. The highest BCUT2D eigenvalue weighted by atomic mass is 35.5. The van der Waals surface area contributed by atoms with Crippen LogP contribution in [0.3, 0.4) is 0 Å². The summed E-state index contributed by atoms with van der Waals surface area (Å²) < 4.78 is 2.08. The maximum atomic E-state index is 5.93. The summed E-state index contributed by atoms with van der Waals surface area (Å²) in [6.07, 6.45) is 0.961. The van der Waals surface area contributed by atoms with Crippen molar-refractivity contribution in [2.75, 3.05) is 5.32 Å². The molecule has 0 bridgehead atoms. The topological polar surface area (TPSA) is 29.9 Å². The quantitative estimate of drug-likeness (QED) is 0.861. The Hall–Kier alpha value is -1.48. The summed E-state index contributed by atoms with van der Waals surface area (Å²) in [5.41, 5.74) is 4.70. The Morgan fingerprint density at radius 1 is 1.14 bits per heavy atom. The lowest BCUT2D eigenvalue weighted by atomic mass is 10.1. The van der Waals surface area contributed by atoms with Gasteiger partial charge in [0.25, 0.3) is 0 Å². The Morgan fingerprint density at radius 3 is 2.29 bits per heavy atom. The third-order valence-electron chi connectivity index (χ3n) is 3.66. The molecule has 1 heterocycles.